The van der Waals surface area contributed by atoms with Crippen LogP contribution in [0.15, 0.2) is 23.8 Å². The fourth-order valence-corrected chi connectivity index (χ4v) is 13.9. The monoisotopic (exact) mass is 966 g/mol. The lowest BCUT2D eigenvalue weighted by Gasteiger charge is -2.60. The predicted octanol–water partition coefficient (Wildman–Crippen LogP) is -1.47. The number of aliphatic hydroxyl groups excluding tert-OH is 9. The molecule has 7 fully saturated rings. The highest BCUT2D eigenvalue weighted by molar-refractivity contribution is 7.80. The average Bonchev–Trinajstić information content (AvgIpc) is 3.69. The van der Waals surface area contributed by atoms with Crippen LogP contribution in [0.1, 0.15) is 79.1 Å². The molecule has 3 saturated carbocycles. The molecule has 378 valence electrons. The van der Waals surface area contributed by atoms with Crippen LogP contribution < -0.4 is 0 Å². The van der Waals surface area contributed by atoms with E-state index in [4.69, 9.17) is 37.3 Å². The van der Waals surface area contributed by atoms with Gasteiger partial charge in [-0.1, -0.05) is 44.6 Å². The van der Waals surface area contributed by atoms with Gasteiger partial charge in [0.2, 0.25) is 0 Å². The van der Waals surface area contributed by atoms with Gasteiger partial charge in [0.05, 0.1) is 44.2 Å². The Hall–Kier alpha value is -1.33. The fraction of sp³-hybridized carbons (Fsp3) is 0.909. The van der Waals surface area contributed by atoms with E-state index in [1.165, 1.54) is 6.92 Å². The van der Waals surface area contributed by atoms with E-state index in [-0.39, 0.29) is 60.6 Å². The number of hydrogen-bond acceptors (Lipinski definition) is 20. The molecule has 0 bridgehead atoms. The van der Waals surface area contributed by atoms with Crippen molar-refractivity contribution in [2.75, 3.05) is 19.8 Å². The maximum Gasteiger partial charge on any atom is 0.397 e. The molecule has 22 heteroatoms. The molecule has 4 heterocycles. The summed E-state index contributed by atoms with van der Waals surface area (Å²) in [6.45, 7) is 10.7. The number of aliphatic hydroxyl groups is 10. The van der Waals surface area contributed by atoms with Crippen LogP contribution in [0.25, 0.3) is 0 Å². The van der Waals surface area contributed by atoms with Gasteiger partial charge in [0.25, 0.3) is 0 Å². The van der Waals surface area contributed by atoms with Crippen molar-refractivity contribution in [3.05, 3.63) is 23.8 Å². The molecule has 0 aromatic heterocycles. The van der Waals surface area contributed by atoms with Crippen molar-refractivity contribution in [1.29, 1.82) is 0 Å². The van der Waals surface area contributed by atoms with Gasteiger partial charge < -0.3 is 84.2 Å². The molecule has 25 atom stereocenters. The summed E-state index contributed by atoms with van der Waals surface area (Å²) in [7, 11) is -5.08. The molecule has 0 aromatic carbocycles. The topological polar surface area (TPSA) is 331 Å². The largest absolute Gasteiger partial charge is 0.397 e. The van der Waals surface area contributed by atoms with Crippen LogP contribution in [0, 0.1) is 40.4 Å². The van der Waals surface area contributed by atoms with Gasteiger partial charge >= 0.3 is 10.4 Å². The molecular weight excluding hydrogens is 897 g/mol. The average molecular weight is 967 g/mol. The summed E-state index contributed by atoms with van der Waals surface area (Å²) in [5, 5.41) is 107. The Bertz CT molecular complexity index is 1890. The van der Waals surface area contributed by atoms with Crippen molar-refractivity contribution in [3.8, 4) is 0 Å². The van der Waals surface area contributed by atoms with Crippen LogP contribution in [-0.4, -0.2) is 194 Å². The molecule has 0 spiro atoms. The van der Waals surface area contributed by atoms with E-state index in [2.05, 4.69) is 26.5 Å². The van der Waals surface area contributed by atoms with E-state index >= 15 is 0 Å². The van der Waals surface area contributed by atoms with Gasteiger partial charge in [-0.05, 0) is 74.5 Å². The van der Waals surface area contributed by atoms with Gasteiger partial charge in [-0.15, -0.1) is 0 Å². The van der Waals surface area contributed by atoms with Gasteiger partial charge in [0.15, 0.2) is 24.7 Å². The highest BCUT2D eigenvalue weighted by Gasteiger charge is 2.69. The number of rotatable bonds is 13. The standard InChI is InChI=1S/C44H70O21S/c1-18(16-58-39-36(52)35(51)32(48)27(15-45)61-39)8-11-44(54)19(2)30-26(64-44)14-25-23-7-6-21-12-22(46)13-29(43(21,5)24(23)9-10-42(25,30)4)62-41-38(33(49)28(17-59-41)65-66(55,56)57)63-40-37(53)34(50)31(47)20(3)60-40/h6,19-20,22-41,45-54H,1,7-17H2,2-5H3,(H,55,56,57)/t19-,20-,22+,23+,24-,25-,26-,27+,28-,29+,30-,31-,32+,33-,34+,35-,36+,37+,38+,39+,40-,41-,42-,43-,44+/m0/s1. The molecule has 21 nitrogen and oxygen atoms in total. The van der Waals surface area contributed by atoms with Crippen molar-refractivity contribution < 1.29 is 101 Å². The van der Waals surface area contributed by atoms with E-state index in [1.54, 1.807) is 0 Å². The summed E-state index contributed by atoms with van der Waals surface area (Å²) in [6, 6.07) is 0. The Morgan fingerprint density at radius 1 is 0.879 bits per heavy atom. The van der Waals surface area contributed by atoms with Crippen molar-refractivity contribution in [2.24, 2.45) is 40.4 Å². The van der Waals surface area contributed by atoms with Gasteiger partial charge in [0, 0.05) is 24.2 Å². The zero-order valence-electron chi connectivity index (χ0n) is 37.7. The highest BCUT2D eigenvalue weighted by atomic mass is 32.3. The minimum Gasteiger partial charge on any atom is -0.394 e. The first-order chi connectivity index (χ1) is 30.9. The van der Waals surface area contributed by atoms with Crippen molar-refractivity contribution in [2.45, 2.75) is 189 Å². The number of fused-ring (bicyclic) bond motifs is 7. The van der Waals surface area contributed by atoms with Crippen LogP contribution in [0.5, 0.6) is 0 Å². The molecule has 4 aliphatic heterocycles. The quantitative estimate of drug-likeness (QED) is 0.0741. The molecule has 0 unspecified atom stereocenters. The zero-order chi connectivity index (χ0) is 48.0. The molecule has 4 aliphatic carbocycles. The van der Waals surface area contributed by atoms with Crippen molar-refractivity contribution >= 4 is 10.4 Å². The lowest BCUT2D eigenvalue weighted by atomic mass is 9.46. The molecule has 8 rings (SSSR count). The van der Waals surface area contributed by atoms with Crippen LogP contribution in [0.2, 0.25) is 0 Å². The second-order valence-corrected chi connectivity index (χ2v) is 21.8. The van der Waals surface area contributed by atoms with Crippen LogP contribution in [-0.2, 0) is 47.7 Å². The van der Waals surface area contributed by atoms with E-state index in [1.807, 2.05) is 6.92 Å². The molecule has 8 aliphatic rings. The van der Waals surface area contributed by atoms with Gasteiger partial charge in [-0.2, -0.15) is 8.42 Å². The maximum absolute atomic E-state index is 12.1. The van der Waals surface area contributed by atoms with Crippen LogP contribution in [0.3, 0.4) is 0 Å². The molecule has 66 heavy (non-hydrogen) atoms. The number of ether oxygens (including phenoxy) is 7. The number of hydrogen-bond donors (Lipinski definition) is 11. The van der Waals surface area contributed by atoms with Crippen LogP contribution >= 0.6 is 0 Å². The summed E-state index contributed by atoms with van der Waals surface area (Å²) >= 11 is 0. The minimum atomic E-state index is -5.08. The van der Waals surface area contributed by atoms with E-state index < -0.39 is 133 Å². The first-order valence-corrected chi connectivity index (χ1v) is 24.6. The lowest BCUT2D eigenvalue weighted by Crippen LogP contribution is -2.63. The third-order valence-electron chi connectivity index (χ3n) is 17.0. The normalized spacial score (nSPS) is 52.7. The van der Waals surface area contributed by atoms with Gasteiger partial charge in [0.1, 0.15) is 61.0 Å². The van der Waals surface area contributed by atoms with Gasteiger partial charge in [-0.3, -0.25) is 4.55 Å². The third-order valence-corrected chi connectivity index (χ3v) is 17.5. The Balaban J connectivity index is 0.956. The summed E-state index contributed by atoms with van der Waals surface area (Å²) in [5.41, 5.74) is 0.722. The molecule has 0 amide bonds. The van der Waals surface area contributed by atoms with E-state index in [9.17, 15) is 64.0 Å². The van der Waals surface area contributed by atoms with Gasteiger partial charge in [-0.25, -0.2) is 4.18 Å². The summed E-state index contributed by atoms with van der Waals surface area (Å²) < 4.78 is 79.8. The first kappa shape index (κ1) is 51.0. The summed E-state index contributed by atoms with van der Waals surface area (Å²) in [4.78, 5) is 0. The Morgan fingerprint density at radius 3 is 2.27 bits per heavy atom. The smallest absolute Gasteiger partial charge is 0.394 e. The van der Waals surface area contributed by atoms with Crippen LogP contribution in [0.4, 0.5) is 0 Å². The van der Waals surface area contributed by atoms with Crippen molar-refractivity contribution in [3.63, 3.8) is 0 Å². The predicted molar refractivity (Wildman–Crippen MR) is 223 cm³/mol. The highest BCUT2D eigenvalue weighted by Crippen LogP contribution is 2.70. The Kier molecular flexibility index (Phi) is 14.7. The second-order valence-electron chi connectivity index (χ2n) is 20.7. The lowest BCUT2D eigenvalue weighted by molar-refractivity contribution is -0.361. The molecule has 11 N–H and O–H groups in total. The molecular formula is C44H70O21S. The summed E-state index contributed by atoms with van der Waals surface area (Å²) in [5.74, 6) is -1.28. The molecule has 0 aromatic rings. The molecule has 0 radical (unpaired) electrons. The van der Waals surface area contributed by atoms with E-state index in [0.717, 1.165) is 24.8 Å². The zero-order valence-corrected chi connectivity index (χ0v) is 38.5. The fourth-order valence-electron chi connectivity index (χ4n) is 13.4. The Labute approximate surface area is 384 Å². The maximum atomic E-state index is 12.1. The summed E-state index contributed by atoms with van der Waals surface area (Å²) in [6.07, 6.45) is -16.6. The molecule has 4 saturated heterocycles. The SMILES string of the molecule is C=C(CC[C@@]1(O)O[C@H]2C[C@H]3[C@@H]4CC=C5C[C@@H](O)C[C@@H](O[C@@H]6OC[C@H](OS(=O)(=O)O)[C@H](O)[C@H]6O[C@@H]6O[C@@H](C)[C@H](O)[C@@H](O)[C@H]6O)[C@]5(C)[C@H]4CC[C@]3(C)[C@H]2[C@@H]1C)CO[C@@H]1O[C@H](CO)[C@@H](O)[C@H](O)[C@H]1O. The van der Waals surface area contributed by atoms with Crippen molar-refractivity contribution in [1.82, 2.24) is 0 Å². The second kappa shape index (κ2) is 19.0. The third kappa shape index (κ3) is 9.12. The van der Waals surface area contributed by atoms with E-state index in [0.29, 0.717) is 24.8 Å². The minimum absolute atomic E-state index is 0.0260. The number of allylic oxidation sites excluding steroid dienone is 1. The Morgan fingerprint density at radius 2 is 1.58 bits per heavy atom. The first-order valence-electron chi connectivity index (χ1n) is 23.2.